The van der Waals surface area contributed by atoms with E-state index < -0.39 is 0 Å². The van der Waals surface area contributed by atoms with Gasteiger partial charge in [0.1, 0.15) is 11.8 Å². The van der Waals surface area contributed by atoms with Crippen LogP contribution in [0.5, 0.6) is 5.75 Å². The fraction of sp³-hybridized carbons (Fsp3) is 0.267. The van der Waals surface area contributed by atoms with Gasteiger partial charge < -0.3 is 9.64 Å². The number of rotatable bonds is 2. The normalized spacial score (nSPS) is 13.5. The third kappa shape index (κ3) is 2.16. The predicted molar refractivity (Wildman–Crippen MR) is 74.5 cm³/mol. The third-order valence-electron chi connectivity index (χ3n) is 3.51. The monoisotopic (exact) mass is 266 g/mol. The molecule has 0 aliphatic carbocycles. The highest BCUT2D eigenvalue weighted by Crippen LogP contribution is 2.27. The molecule has 0 spiro atoms. The summed E-state index contributed by atoms with van der Waals surface area (Å²) in [4.78, 5) is 10.5. The van der Waals surface area contributed by atoms with E-state index in [4.69, 9.17) is 10.00 Å². The molecule has 100 valence electrons. The number of hydrogen-bond acceptors (Lipinski definition) is 5. The quantitative estimate of drug-likeness (QED) is 0.831. The summed E-state index contributed by atoms with van der Waals surface area (Å²) in [5.74, 6) is 1.51. The van der Waals surface area contributed by atoms with Gasteiger partial charge in [0.2, 0.25) is 0 Å². The number of methoxy groups -OCH3 is 1. The molecule has 0 unspecified atom stereocenters. The average molecular weight is 266 g/mol. The van der Waals surface area contributed by atoms with Gasteiger partial charge in [0, 0.05) is 25.5 Å². The minimum absolute atomic E-state index is 0.374. The molecule has 5 nitrogen and oxygen atoms in total. The fourth-order valence-corrected chi connectivity index (χ4v) is 2.48. The smallest absolute Gasteiger partial charge is 0.183 e. The van der Waals surface area contributed by atoms with Crippen LogP contribution in [-0.4, -0.2) is 23.6 Å². The van der Waals surface area contributed by atoms with Crippen molar-refractivity contribution < 1.29 is 4.74 Å². The average Bonchev–Trinajstić information content (AvgIpc) is 2.53. The Kier molecular flexibility index (Phi) is 3.21. The SMILES string of the molecule is COc1ccc2c(c1)CN(c1nccnc1C#N)CC2. The van der Waals surface area contributed by atoms with Gasteiger partial charge in [-0.25, -0.2) is 9.97 Å². The van der Waals surface area contributed by atoms with Crippen LogP contribution in [0.4, 0.5) is 5.82 Å². The maximum atomic E-state index is 9.13. The van der Waals surface area contributed by atoms with Gasteiger partial charge in [0.15, 0.2) is 11.5 Å². The van der Waals surface area contributed by atoms with E-state index in [9.17, 15) is 0 Å². The molecule has 0 bridgehead atoms. The lowest BCUT2D eigenvalue weighted by molar-refractivity contribution is 0.413. The van der Waals surface area contributed by atoms with E-state index in [0.29, 0.717) is 11.5 Å². The highest BCUT2D eigenvalue weighted by molar-refractivity contribution is 5.52. The number of aromatic nitrogens is 2. The molecule has 3 rings (SSSR count). The van der Waals surface area contributed by atoms with Gasteiger partial charge in [0.05, 0.1) is 7.11 Å². The van der Waals surface area contributed by atoms with E-state index in [1.807, 2.05) is 12.1 Å². The molecule has 0 N–H and O–H groups in total. The Morgan fingerprint density at radius 1 is 1.25 bits per heavy atom. The molecule has 0 amide bonds. The summed E-state index contributed by atoms with van der Waals surface area (Å²) in [6, 6.07) is 8.23. The van der Waals surface area contributed by atoms with E-state index >= 15 is 0 Å². The lowest BCUT2D eigenvalue weighted by Gasteiger charge is -2.30. The van der Waals surface area contributed by atoms with Crippen LogP contribution in [0.2, 0.25) is 0 Å². The fourth-order valence-electron chi connectivity index (χ4n) is 2.48. The maximum absolute atomic E-state index is 9.13. The van der Waals surface area contributed by atoms with Crippen molar-refractivity contribution in [3.05, 3.63) is 47.4 Å². The summed E-state index contributed by atoms with van der Waals surface area (Å²) in [5, 5.41) is 9.13. The first-order chi connectivity index (χ1) is 9.81. The molecule has 2 heterocycles. The molecule has 5 heteroatoms. The Labute approximate surface area is 117 Å². The van der Waals surface area contributed by atoms with E-state index in [1.54, 1.807) is 19.5 Å². The van der Waals surface area contributed by atoms with Crippen molar-refractivity contribution >= 4 is 5.82 Å². The van der Waals surface area contributed by atoms with E-state index in [2.05, 4.69) is 27.0 Å². The molecule has 0 saturated heterocycles. The van der Waals surface area contributed by atoms with Gasteiger partial charge in [-0.05, 0) is 29.7 Å². The first-order valence-corrected chi connectivity index (χ1v) is 6.43. The van der Waals surface area contributed by atoms with Crippen molar-refractivity contribution in [1.29, 1.82) is 5.26 Å². The molecule has 0 atom stereocenters. The molecule has 0 radical (unpaired) electrons. The highest BCUT2D eigenvalue weighted by Gasteiger charge is 2.20. The summed E-state index contributed by atoms with van der Waals surface area (Å²) in [6.07, 6.45) is 4.10. The number of hydrogen-bond donors (Lipinski definition) is 0. The summed E-state index contributed by atoms with van der Waals surface area (Å²) in [7, 11) is 1.67. The van der Waals surface area contributed by atoms with Crippen molar-refractivity contribution in [3.63, 3.8) is 0 Å². The lowest BCUT2D eigenvalue weighted by atomic mass is 9.99. The Morgan fingerprint density at radius 3 is 2.90 bits per heavy atom. The second-order valence-corrected chi connectivity index (χ2v) is 4.65. The van der Waals surface area contributed by atoms with Crippen LogP contribution in [0.1, 0.15) is 16.8 Å². The van der Waals surface area contributed by atoms with Gasteiger partial charge in [0.25, 0.3) is 0 Å². The maximum Gasteiger partial charge on any atom is 0.183 e. The minimum Gasteiger partial charge on any atom is -0.497 e. The Bertz CT molecular complexity index is 678. The van der Waals surface area contributed by atoms with Crippen molar-refractivity contribution in [3.8, 4) is 11.8 Å². The molecule has 0 fully saturated rings. The van der Waals surface area contributed by atoms with Crippen LogP contribution in [-0.2, 0) is 13.0 Å². The van der Waals surface area contributed by atoms with Gasteiger partial charge >= 0.3 is 0 Å². The molecular formula is C15H14N4O. The molecule has 1 aromatic heterocycles. The molecule has 0 saturated carbocycles. The van der Waals surface area contributed by atoms with Gasteiger partial charge in [-0.3, -0.25) is 0 Å². The van der Waals surface area contributed by atoms with Crippen molar-refractivity contribution in [2.75, 3.05) is 18.6 Å². The summed E-state index contributed by atoms with van der Waals surface area (Å²) < 4.78 is 5.27. The van der Waals surface area contributed by atoms with Gasteiger partial charge in [-0.1, -0.05) is 6.07 Å². The summed E-state index contributed by atoms with van der Waals surface area (Å²) in [6.45, 7) is 1.56. The van der Waals surface area contributed by atoms with Crippen LogP contribution < -0.4 is 9.64 Å². The minimum atomic E-state index is 0.374. The van der Waals surface area contributed by atoms with Crippen LogP contribution in [0.15, 0.2) is 30.6 Å². The zero-order valence-electron chi connectivity index (χ0n) is 11.2. The van der Waals surface area contributed by atoms with Crippen LogP contribution in [0, 0.1) is 11.3 Å². The molecule has 2 aromatic rings. The Balaban J connectivity index is 1.93. The number of nitriles is 1. The Morgan fingerprint density at radius 2 is 2.10 bits per heavy atom. The zero-order chi connectivity index (χ0) is 13.9. The number of ether oxygens (including phenoxy) is 1. The topological polar surface area (TPSA) is 62.0 Å². The third-order valence-corrected chi connectivity index (χ3v) is 3.51. The van der Waals surface area contributed by atoms with Crippen LogP contribution in [0.3, 0.4) is 0 Å². The van der Waals surface area contributed by atoms with Crippen molar-refractivity contribution in [1.82, 2.24) is 9.97 Å². The number of fused-ring (bicyclic) bond motifs is 1. The number of anilines is 1. The van der Waals surface area contributed by atoms with E-state index in [1.165, 1.54) is 11.1 Å². The van der Waals surface area contributed by atoms with Gasteiger partial charge in [-0.15, -0.1) is 0 Å². The first kappa shape index (κ1) is 12.4. The molecule has 1 aliphatic heterocycles. The van der Waals surface area contributed by atoms with Crippen LogP contribution >= 0.6 is 0 Å². The summed E-state index contributed by atoms with van der Waals surface area (Å²) >= 11 is 0. The van der Waals surface area contributed by atoms with E-state index in [0.717, 1.165) is 25.3 Å². The largest absolute Gasteiger partial charge is 0.497 e. The van der Waals surface area contributed by atoms with Crippen molar-refractivity contribution in [2.45, 2.75) is 13.0 Å². The molecule has 20 heavy (non-hydrogen) atoms. The van der Waals surface area contributed by atoms with Gasteiger partial charge in [-0.2, -0.15) is 5.26 Å². The molecule has 1 aromatic carbocycles. The second-order valence-electron chi connectivity index (χ2n) is 4.65. The summed E-state index contributed by atoms with van der Waals surface area (Å²) in [5.41, 5.74) is 2.91. The standard InChI is InChI=1S/C15H14N4O/c1-20-13-3-2-11-4-7-19(10-12(11)8-13)15-14(9-16)17-5-6-18-15/h2-3,5-6,8H,4,7,10H2,1H3. The van der Waals surface area contributed by atoms with Crippen LogP contribution in [0.25, 0.3) is 0 Å². The predicted octanol–water partition coefficient (Wildman–Crippen LogP) is 1.92. The Hall–Kier alpha value is -2.61. The van der Waals surface area contributed by atoms with E-state index in [-0.39, 0.29) is 0 Å². The first-order valence-electron chi connectivity index (χ1n) is 6.43. The highest BCUT2D eigenvalue weighted by atomic mass is 16.5. The molecular weight excluding hydrogens is 252 g/mol. The molecule has 1 aliphatic rings. The second kappa shape index (κ2) is 5.17. The number of nitrogens with zero attached hydrogens (tertiary/aromatic N) is 4. The van der Waals surface area contributed by atoms with Crippen molar-refractivity contribution in [2.24, 2.45) is 0 Å². The zero-order valence-corrected chi connectivity index (χ0v) is 11.2. The lowest BCUT2D eigenvalue weighted by Crippen LogP contribution is -2.31. The number of benzene rings is 1.